The van der Waals surface area contributed by atoms with Gasteiger partial charge in [-0.1, -0.05) is 0 Å². The van der Waals surface area contributed by atoms with Crippen LogP contribution in [0.5, 0.6) is 0 Å². The molecule has 2 aliphatic heterocycles. The van der Waals surface area contributed by atoms with Crippen LogP contribution in [0.4, 0.5) is 5.69 Å². The standard InChI is InChI=1S/C20H25N3O5/c1-13-10-15(22-8-6-14(11-24)7-9-22)2-3-16(13)20(28)23(12-25)17-4-5-18(26)21-19(17)27/h2-3,10,12,14,17,24H,4-9,11H2,1H3,(H,21,26,27). The van der Waals surface area contributed by atoms with Gasteiger partial charge in [-0.2, -0.15) is 0 Å². The van der Waals surface area contributed by atoms with Crippen LogP contribution in [-0.2, 0) is 14.4 Å². The predicted octanol–water partition coefficient (Wildman–Crippen LogP) is 0.608. The van der Waals surface area contributed by atoms with Crippen molar-refractivity contribution in [3.8, 4) is 0 Å². The maximum absolute atomic E-state index is 12.9. The monoisotopic (exact) mass is 387 g/mol. The molecule has 4 amide bonds. The number of hydrogen-bond acceptors (Lipinski definition) is 6. The Morgan fingerprint density at radius 1 is 1.29 bits per heavy atom. The van der Waals surface area contributed by atoms with Crippen molar-refractivity contribution in [2.24, 2.45) is 5.92 Å². The molecule has 8 nitrogen and oxygen atoms in total. The first kappa shape index (κ1) is 20.0. The second-order valence-electron chi connectivity index (χ2n) is 7.40. The highest BCUT2D eigenvalue weighted by atomic mass is 16.3. The summed E-state index contributed by atoms with van der Waals surface area (Å²) in [6.45, 7) is 3.69. The number of aryl methyl sites for hydroxylation is 1. The Morgan fingerprint density at radius 3 is 2.57 bits per heavy atom. The molecule has 2 N–H and O–H groups in total. The largest absolute Gasteiger partial charge is 0.396 e. The van der Waals surface area contributed by atoms with Gasteiger partial charge in [0.25, 0.3) is 5.91 Å². The molecule has 0 bridgehead atoms. The fraction of sp³-hybridized carbons (Fsp3) is 0.500. The zero-order valence-corrected chi connectivity index (χ0v) is 15.9. The number of carbonyl (C=O) groups is 4. The number of rotatable bonds is 5. The summed E-state index contributed by atoms with van der Waals surface area (Å²) in [6, 6.07) is 4.44. The van der Waals surface area contributed by atoms with Crippen LogP contribution >= 0.6 is 0 Å². The number of benzene rings is 1. The molecular weight excluding hydrogens is 362 g/mol. The number of aliphatic hydroxyl groups excluding tert-OH is 1. The van der Waals surface area contributed by atoms with Gasteiger partial charge < -0.3 is 10.0 Å². The molecule has 8 heteroatoms. The van der Waals surface area contributed by atoms with E-state index in [1.165, 1.54) is 0 Å². The van der Waals surface area contributed by atoms with Crippen LogP contribution < -0.4 is 10.2 Å². The molecule has 2 saturated heterocycles. The Morgan fingerprint density at radius 2 is 2.00 bits per heavy atom. The lowest BCUT2D eigenvalue weighted by atomic mass is 9.96. The molecule has 1 aromatic carbocycles. The Balaban J connectivity index is 1.75. The molecule has 2 aliphatic rings. The second kappa shape index (κ2) is 8.52. The van der Waals surface area contributed by atoms with E-state index in [1.807, 2.05) is 12.1 Å². The van der Waals surface area contributed by atoms with Gasteiger partial charge in [-0.15, -0.1) is 0 Å². The fourth-order valence-corrected chi connectivity index (χ4v) is 3.81. The molecule has 0 radical (unpaired) electrons. The Labute approximate surface area is 163 Å². The van der Waals surface area contributed by atoms with Crippen LogP contribution in [0.1, 0.15) is 41.6 Å². The summed E-state index contributed by atoms with van der Waals surface area (Å²) in [5.74, 6) is -1.23. The molecule has 0 spiro atoms. The van der Waals surface area contributed by atoms with E-state index in [0.29, 0.717) is 23.5 Å². The van der Waals surface area contributed by atoms with Crippen LogP contribution in [0, 0.1) is 12.8 Å². The lowest BCUT2D eigenvalue weighted by Gasteiger charge is -2.33. The Kier molecular flexibility index (Phi) is 6.08. The molecule has 1 unspecified atom stereocenters. The summed E-state index contributed by atoms with van der Waals surface area (Å²) in [6.07, 6.45) is 2.42. The third-order valence-corrected chi connectivity index (χ3v) is 5.57. The number of nitrogens with one attached hydrogen (secondary N) is 1. The SMILES string of the molecule is Cc1cc(N2CCC(CO)CC2)ccc1C(=O)N(C=O)C1CCC(=O)NC1=O. The van der Waals surface area contributed by atoms with Gasteiger partial charge in [-0.3, -0.25) is 29.4 Å². The van der Waals surface area contributed by atoms with Gasteiger partial charge in [-0.05, 0) is 55.9 Å². The smallest absolute Gasteiger partial charge is 0.261 e. The van der Waals surface area contributed by atoms with Crippen molar-refractivity contribution in [1.29, 1.82) is 0 Å². The number of aliphatic hydroxyl groups is 1. The van der Waals surface area contributed by atoms with Crippen LogP contribution in [0.15, 0.2) is 18.2 Å². The molecule has 2 heterocycles. The van der Waals surface area contributed by atoms with Crippen LogP contribution in [0.25, 0.3) is 0 Å². The Bertz CT molecular complexity index is 786. The van der Waals surface area contributed by atoms with Crippen molar-refractivity contribution in [1.82, 2.24) is 10.2 Å². The van der Waals surface area contributed by atoms with E-state index in [0.717, 1.165) is 36.5 Å². The van der Waals surface area contributed by atoms with Gasteiger partial charge >= 0.3 is 0 Å². The molecule has 150 valence electrons. The number of carbonyl (C=O) groups excluding carboxylic acids is 4. The normalized spacial score (nSPS) is 20.6. The van der Waals surface area contributed by atoms with E-state index in [1.54, 1.807) is 13.0 Å². The highest BCUT2D eigenvalue weighted by Gasteiger charge is 2.35. The zero-order valence-electron chi connectivity index (χ0n) is 15.9. The number of piperidine rings is 2. The molecule has 0 saturated carbocycles. The van der Waals surface area contributed by atoms with E-state index in [4.69, 9.17) is 0 Å². The topological polar surface area (TPSA) is 107 Å². The average Bonchev–Trinajstić information content (AvgIpc) is 2.70. The molecule has 2 fully saturated rings. The summed E-state index contributed by atoms with van der Waals surface area (Å²) in [7, 11) is 0. The first-order chi connectivity index (χ1) is 13.4. The zero-order chi connectivity index (χ0) is 20.3. The van der Waals surface area contributed by atoms with Crippen molar-refractivity contribution >= 4 is 29.8 Å². The van der Waals surface area contributed by atoms with Gasteiger partial charge in [0.15, 0.2) is 0 Å². The Hall–Kier alpha value is -2.74. The van der Waals surface area contributed by atoms with E-state index < -0.39 is 23.8 Å². The van der Waals surface area contributed by atoms with Crippen molar-refractivity contribution < 1.29 is 24.3 Å². The molecule has 3 rings (SSSR count). The van der Waals surface area contributed by atoms with Crippen LogP contribution in [0.2, 0.25) is 0 Å². The number of amides is 4. The average molecular weight is 387 g/mol. The lowest BCUT2D eigenvalue weighted by molar-refractivity contribution is -0.139. The third-order valence-electron chi connectivity index (χ3n) is 5.57. The van der Waals surface area contributed by atoms with Gasteiger partial charge in [0.05, 0.1) is 0 Å². The summed E-state index contributed by atoms with van der Waals surface area (Å²) in [4.78, 5) is 50.8. The van der Waals surface area contributed by atoms with Crippen LogP contribution in [0.3, 0.4) is 0 Å². The van der Waals surface area contributed by atoms with E-state index >= 15 is 0 Å². The summed E-state index contributed by atoms with van der Waals surface area (Å²) < 4.78 is 0. The van der Waals surface area contributed by atoms with Gasteiger partial charge in [-0.25, -0.2) is 0 Å². The molecule has 28 heavy (non-hydrogen) atoms. The highest BCUT2D eigenvalue weighted by molar-refractivity contribution is 6.07. The van der Waals surface area contributed by atoms with E-state index in [2.05, 4.69) is 10.2 Å². The maximum atomic E-state index is 12.9. The fourth-order valence-electron chi connectivity index (χ4n) is 3.81. The molecular formula is C20H25N3O5. The molecule has 1 aromatic rings. The number of anilines is 1. The van der Waals surface area contributed by atoms with Gasteiger partial charge in [0.2, 0.25) is 18.2 Å². The van der Waals surface area contributed by atoms with Crippen molar-refractivity contribution in [2.75, 3.05) is 24.6 Å². The predicted molar refractivity (Wildman–Crippen MR) is 102 cm³/mol. The quantitative estimate of drug-likeness (QED) is 0.566. The highest BCUT2D eigenvalue weighted by Crippen LogP contribution is 2.26. The maximum Gasteiger partial charge on any atom is 0.261 e. The van der Waals surface area contributed by atoms with Crippen LogP contribution in [-0.4, -0.2) is 59.9 Å². The number of nitrogens with zero attached hydrogens (tertiary/aromatic N) is 2. The van der Waals surface area contributed by atoms with Crippen molar-refractivity contribution in [3.05, 3.63) is 29.3 Å². The minimum absolute atomic E-state index is 0.0930. The van der Waals surface area contributed by atoms with Gasteiger partial charge in [0.1, 0.15) is 6.04 Å². The summed E-state index contributed by atoms with van der Waals surface area (Å²) >= 11 is 0. The summed E-state index contributed by atoms with van der Waals surface area (Å²) in [5, 5.41) is 11.4. The second-order valence-corrected chi connectivity index (χ2v) is 7.40. The first-order valence-electron chi connectivity index (χ1n) is 9.52. The van der Waals surface area contributed by atoms with E-state index in [9.17, 15) is 24.3 Å². The molecule has 0 aliphatic carbocycles. The lowest BCUT2D eigenvalue weighted by Crippen LogP contribution is -2.53. The minimum atomic E-state index is -0.973. The van der Waals surface area contributed by atoms with Crippen molar-refractivity contribution in [3.63, 3.8) is 0 Å². The van der Waals surface area contributed by atoms with Gasteiger partial charge in [0, 0.05) is 37.4 Å². The van der Waals surface area contributed by atoms with E-state index in [-0.39, 0.29) is 19.4 Å². The molecule has 0 aromatic heterocycles. The number of imide groups is 2. The first-order valence-corrected chi connectivity index (χ1v) is 9.52. The minimum Gasteiger partial charge on any atom is -0.396 e. The van der Waals surface area contributed by atoms with Crippen molar-refractivity contribution in [2.45, 2.75) is 38.6 Å². The third kappa shape index (κ3) is 4.06. The molecule has 1 atom stereocenters. The summed E-state index contributed by atoms with van der Waals surface area (Å²) in [5.41, 5.74) is 2.06. The number of hydrogen-bond donors (Lipinski definition) is 2.